The zero-order valence-corrected chi connectivity index (χ0v) is 10.2. The first-order valence-electron chi connectivity index (χ1n) is 5.96. The third-order valence-corrected chi connectivity index (χ3v) is 2.44. The molecule has 3 nitrogen and oxygen atoms in total. The molecule has 0 saturated heterocycles. The first-order chi connectivity index (χ1) is 7.68. The Kier molecular flexibility index (Phi) is 6.04. The van der Waals surface area contributed by atoms with Crippen LogP contribution in [0, 0.1) is 5.92 Å². The summed E-state index contributed by atoms with van der Waals surface area (Å²) >= 11 is 0. The van der Waals surface area contributed by atoms with Crippen molar-refractivity contribution in [2.75, 3.05) is 13.1 Å². The van der Waals surface area contributed by atoms with Crippen LogP contribution in [0.25, 0.3) is 0 Å². The highest BCUT2D eigenvalue weighted by atomic mass is 16.3. The van der Waals surface area contributed by atoms with Crippen molar-refractivity contribution in [2.45, 2.75) is 32.8 Å². The van der Waals surface area contributed by atoms with Crippen molar-refractivity contribution < 1.29 is 5.11 Å². The molecule has 0 spiro atoms. The van der Waals surface area contributed by atoms with E-state index < -0.39 is 0 Å². The Balaban J connectivity index is 2.08. The molecule has 1 rings (SSSR count). The average Bonchev–Trinajstić information content (AvgIpc) is 2.25. The summed E-state index contributed by atoms with van der Waals surface area (Å²) in [7, 11) is 0. The van der Waals surface area contributed by atoms with Gasteiger partial charge in [0.05, 0.1) is 6.10 Å². The van der Waals surface area contributed by atoms with Crippen LogP contribution in [0.1, 0.15) is 25.8 Å². The van der Waals surface area contributed by atoms with Gasteiger partial charge in [0.15, 0.2) is 0 Å². The second kappa shape index (κ2) is 7.36. The van der Waals surface area contributed by atoms with Gasteiger partial charge in [-0.05, 0) is 36.9 Å². The van der Waals surface area contributed by atoms with Crippen molar-refractivity contribution >= 4 is 0 Å². The van der Waals surface area contributed by atoms with Crippen LogP contribution >= 0.6 is 0 Å². The van der Waals surface area contributed by atoms with Gasteiger partial charge in [0, 0.05) is 18.9 Å². The Morgan fingerprint density at radius 2 is 2.25 bits per heavy atom. The van der Waals surface area contributed by atoms with Gasteiger partial charge in [-0.25, -0.2) is 0 Å². The normalized spacial score (nSPS) is 13.0. The molecular formula is C13H22N2O. The van der Waals surface area contributed by atoms with E-state index in [0.717, 1.165) is 19.4 Å². The minimum Gasteiger partial charge on any atom is -0.392 e. The van der Waals surface area contributed by atoms with Crippen molar-refractivity contribution in [2.24, 2.45) is 5.92 Å². The van der Waals surface area contributed by atoms with Crippen LogP contribution in [-0.2, 0) is 6.42 Å². The van der Waals surface area contributed by atoms with Crippen LogP contribution in [0.3, 0.4) is 0 Å². The van der Waals surface area contributed by atoms with E-state index >= 15 is 0 Å². The Morgan fingerprint density at radius 3 is 2.88 bits per heavy atom. The summed E-state index contributed by atoms with van der Waals surface area (Å²) in [4.78, 5) is 4.06. The second-order valence-corrected chi connectivity index (χ2v) is 4.60. The number of hydrogen-bond donors (Lipinski definition) is 2. The minimum absolute atomic E-state index is 0.228. The molecule has 0 radical (unpaired) electrons. The van der Waals surface area contributed by atoms with Crippen LogP contribution in [0.5, 0.6) is 0 Å². The van der Waals surface area contributed by atoms with E-state index in [9.17, 15) is 5.11 Å². The number of aromatic nitrogens is 1. The monoisotopic (exact) mass is 222 g/mol. The first-order valence-corrected chi connectivity index (χ1v) is 5.96. The van der Waals surface area contributed by atoms with Gasteiger partial charge >= 0.3 is 0 Å². The molecular weight excluding hydrogens is 200 g/mol. The van der Waals surface area contributed by atoms with E-state index in [-0.39, 0.29) is 6.10 Å². The Hall–Kier alpha value is -0.930. The second-order valence-electron chi connectivity index (χ2n) is 4.60. The molecule has 0 bridgehead atoms. The highest BCUT2D eigenvalue weighted by molar-refractivity contribution is 5.08. The molecule has 2 N–H and O–H groups in total. The molecule has 90 valence electrons. The van der Waals surface area contributed by atoms with E-state index in [0.29, 0.717) is 12.5 Å². The molecule has 1 atom stereocenters. The topological polar surface area (TPSA) is 45.1 Å². The average molecular weight is 222 g/mol. The lowest BCUT2D eigenvalue weighted by atomic mass is 10.1. The number of pyridine rings is 1. The lowest BCUT2D eigenvalue weighted by Gasteiger charge is -2.13. The Morgan fingerprint density at radius 1 is 1.44 bits per heavy atom. The predicted octanol–water partition coefficient (Wildman–Crippen LogP) is 1.62. The SMILES string of the molecule is CC(C)CC(O)CNCCc1cccnc1. The van der Waals surface area contributed by atoms with Gasteiger partial charge in [-0.3, -0.25) is 4.98 Å². The summed E-state index contributed by atoms with van der Waals surface area (Å²) in [6.45, 7) is 5.82. The van der Waals surface area contributed by atoms with Crippen molar-refractivity contribution in [1.29, 1.82) is 0 Å². The fourth-order valence-corrected chi connectivity index (χ4v) is 1.67. The quantitative estimate of drug-likeness (QED) is 0.689. The highest BCUT2D eigenvalue weighted by Gasteiger charge is 2.05. The molecule has 16 heavy (non-hydrogen) atoms. The Labute approximate surface area is 97.9 Å². The third kappa shape index (κ3) is 5.83. The van der Waals surface area contributed by atoms with Crippen molar-refractivity contribution in [3.63, 3.8) is 0 Å². The van der Waals surface area contributed by atoms with E-state index in [4.69, 9.17) is 0 Å². The van der Waals surface area contributed by atoms with Crippen molar-refractivity contribution in [3.05, 3.63) is 30.1 Å². The van der Waals surface area contributed by atoms with E-state index in [1.807, 2.05) is 12.3 Å². The summed E-state index contributed by atoms with van der Waals surface area (Å²) in [6, 6.07) is 4.02. The summed E-state index contributed by atoms with van der Waals surface area (Å²) in [6.07, 6.45) is 5.26. The minimum atomic E-state index is -0.228. The number of hydrogen-bond acceptors (Lipinski definition) is 3. The highest BCUT2D eigenvalue weighted by Crippen LogP contribution is 2.03. The maximum absolute atomic E-state index is 9.64. The van der Waals surface area contributed by atoms with Gasteiger partial charge in [0.25, 0.3) is 0 Å². The van der Waals surface area contributed by atoms with Crippen molar-refractivity contribution in [1.82, 2.24) is 10.3 Å². The Bertz CT molecular complexity index is 275. The zero-order valence-electron chi connectivity index (χ0n) is 10.2. The fraction of sp³-hybridized carbons (Fsp3) is 0.615. The number of aliphatic hydroxyl groups is 1. The molecule has 0 saturated carbocycles. The number of aliphatic hydroxyl groups excluding tert-OH is 1. The maximum Gasteiger partial charge on any atom is 0.0667 e. The van der Waals surface area contributed by atoms with Gasteiger partial charge in [0.2, 0.25) is 0 Å². The molecule has 1 unspecified atom stereocenters. The molecule has 1 heterocycles. The largest absolute Gasteiger partial charge is 0.392 e. The van der Waals surface area contributed by atoms with Crippen LogP contribution in [0.4, 0.5) is 0 Å². The fourth-order valence-electron chi connectivity index (χ4n) is 1.67. The molecule has 0 amide bonds. The molecule has 0 fully saturated rings. The summed E-state index contributed by atoms with van der Waals surface area (Å²) in [5, 5.41) is 12.9. The van der Waals surface area contributed by atoms with Gasteiger partial charge in [-0.1, -0.05) is 19.9 Å². The molecule has 0 aliphatic carbocycles. The van der Waals surface area contributed by atoms with Crippen LogP contribution in [0.2, 0.25) is 0 Å². The molecule has 1 aromatic heterocycles. The molecule has 0 aliphatic heterocycles. The first kappa shape index (κ1) is 13.1. The summed E-state index contributed by atoms with van der Waals surface area (Å²) < 4.78 is 0. The third-order valence-electron chi connectivity index (χ3n) is 2.44. The zero-order chi connectivity index (χ0) is 11.8. The molecule has 0 aromatic carbocycles. The summed E-state index contributed by atoms with van der Waals surface area (Å²) in [5.41, 5.74) is 1.23. The van der Waals surface area contributed by atoms with Crippen LogP contribution in [0.15, 0.2) is 24.5 Å². The van der Waals surface area contributed by atoms with Gasteiger partial charge in [-0.2, -0.15) is 0 Å². The smallest absolute Gasteiger partial charge is 0.0667 e. The van der Waals surface area contributed by atoms with Crippen LogP contribution < -0.4 is 5.32 Å². The molecule has 0 aliphatic rings. The van der Waals surface area contributed by atoms with E-state index in [2.05, 4.69) is 30.2 Å². The standard InChI is InChI=1S/C13H22N2O/c1-11(2)8-13(16)10-15-7-5-12-4-3-6-14-9-12/h3-4,6,9,11,13,15-16H,5,7-8,10H2,1-2H3. The van der Waals surface area contributed by atoms with E-state index in [1.165, 1.54) is 5.56 Å². The lowest BCUT2D eigenvalue weighted by molar-refractivity contribution is 0.147. The predicted molar refractivity (Wildman–Crippen MR) is 66.3 cm³/mol. The maximum atomic E-state index is 9.64. The summed E-state index contributed by atoms with van der Waals surface area (Å²) in [5.74, 6) is 0.551. The number of rotatable bonds is 7. The number of nitrogens with zero attached hydrogens (tertiary/aromatic N) is 1. The van der Waals surface area contributed by atoms with Gasteiger partial charge < -0.3 is 10.4 Å². The van der Waals surface area contributed by atoms with Gasteiger partial charge in [-0.15, -0.1) is 0 Å². The van der Waals surface area contributed by atoms with Crippen LogP contribution in [-0.4, -0.2) is 29.3 Å². The molecule has 1 aromatic rings. The lowest BCUT2D eigenvalue weighted by Crippen LogP contribution is -2.29. The van der Waals surface area contributed by atoms with Gasteiger partial charge in [0.1, 0.15) is 0 Å². The van der Waals surface area contributed by atoms with E-state index in [1.54, 1.807) is 6.20 Å². The van der Waals surface area contributed by atoms with Crippen molar-refractivity contribution in [3.8, 4) is 0 Å². The molecule has 3 heteroatoms. The number of nitrogens with one attached hydrogen (secondary N) is 1.